The van der Waals surface area contributed by atoms with Gasteiger partial charge in [-0.3, -0.25) is 34.9 Å². The second-order valence-electron chi connectivity index (χ2n) is 18.4. The number of hydrogen-bond donors (Lipinski definition) is 3. The Morgan fingerprint density at radius 1 is 0.737 bits per heavy atom. The van der Waals surface area contributed by atoms with Crippen LogP contribution in [0.4, 0.5) is 9.59 Å². The lowest BCUT2D eigenvalue weighted by molar-refractivity contribution is -0.474. The van der Waals surface area contributed by atoms with E-state index < -0.39 is 87.0 Å². The highest BCUT2D eigenvalue weighted by molar-refractivity contribution is 7.94. The highest BCUT2D eigenvalue weighted by Gasteiger charge is 2.73. The van der Waals surface area contributed by atoms with Crippen molar-refractivity contribution in [2.24, 2.45) is 5.73 Å². The smallest absolute Gasteiger partial charge is 0.414 e. The van der Waals surface area contributed by atoms with Gasteiger partial charge < -0.3 is 24.8 Å². The third-order valence-electron chi connectivity index (χ3n) is 13.5. The summed E-state index contributed by atoms with van der Waals surface area (Å²) in [5.74, 6) is -3.71. The number of hydrogen-bond acceptors (Lipinski definition) is 13. The Morgan fingerprint density at radius 3 is 1.67 bits per heavy atom. The van der Waals surface area contributed by atoms with Gasteiger partial charge >= 0.3 is 18.2 Å². The van der Waals surface area contributed by atoms with E-state index in [1.54, 1.807) is 72.8 Å². The van der Waals surface area contributed by atoms with E-state index in [4.69, 9.17) is 29.4 Å². The van der Waals surface area contributed by atoms with Crippen LogP contribution in [0, 0.1) is 5.41 Å². The molecule has 0 bridgehead atoms. The quantitative estimate of drug-likeness (QED) is 0.0220. The molecule has 0 spiro atoms. The molecule has 0 saturated carbocycles. The van der Waals surface area contributed by atoms with Crippen molar-refractivity contribution in [2.45, 2.75) is 54.0 Å². The van der Waals surface area contributed by atoms with Crippen LogP contribution in [0.3, 0.4) is 0 Å². The molecule has 7 aromatic rings. The predicted octanol–water partition coefficient (Wildman–Crippen LogP) is 8.10. The average molecular weight is 1040 g/mol. The molecule has 18 heteroatoms. The van der Waals surface area contributed by atoms with E-state index in [0.29, 0.717) is 38.9 Å². The monoisotopic (exact) mass is 1040 g/mol. The first kappa shape index (κ1) is 50.6. The Kier molecular flexibility index (Phi) is 14.0. The van der Waals surface area contributed by atoms with E-state index in [-0.39, 0.29) is 17.8 Å². The van der Waals surface area contributed by atoms with Crippen LogP contribution in [0.25, 0.3) is 6.08 Å². The van der Waals surface area contributed by atoms with E-state index in [1.165, 1.54) is 24.1 Å². The lowest BCUT2D eigenvalue weighted by Gasteiger charge is -2.51. The molecule has 3 fully saturated rings. The summed E-state index contributed by atoms with van der Waals surface area (Å²) < 4.78 is 57.9. The van der Waals surface area contributed by atoms with Crippen LogP contribution < -0.4 is 11.1 Å². The van der Waals surface area contributed by atoms with Gasteiger partial charge in [0.15, 0.2) is 33.5 Å². The molecule has 76 heavy (non-hydrogen) atoms. The number of sulfone groups is 1. The minimum atomic E-state index is -4.59. The molecule has 3 atom stereocenters. The molecule has 17 nitrogen and oxygen atoms in total. The van der Waals surface area contributed by atoms with E-state index in [1.807, 2.05) is 121 Å². The number of carbonyl (C=O) groups excluding carboxylic acids is 4. The number of pyridine rings is 1. The number of fused-ring (bicyclic) bond motifs is 1. The zero-order valence-corrected chi connectivity index (χ0v) is 41.6. The van der Waals surface area contributed by atoms with Crippen molar-refractivity contribution >= 4 is 45.9 Å². The van der Waals surface area contributed by atoms with Gasteiger partial charge in [-0.25, -0.2) is 22.8 Å². The molecule has 10 rings (SSSR count). The predicted molar refractivity (Wildman–Crippen MR) is 278 cm³/mol. The van der Waals surface area contributed by atoms with Crippen molar-refractivity contribution in [1.82, 2.24) is 20.1 Å². The van der Waals surface area contributed by atoms with Crippen LogP contribution in [0.2, 0.25) is 0 Å². The Bertz CT molecular complexity index is 3290. The number of guanidine groups is 1. The number of carbonyl (C=O) groups is 4. The molecule has 4 heterocycles. The number of primary amides is 1. The van der Waals surface area contributed by atoms with Crippen LogP contribution in [0.1, 0.15) is 63.8 Å². The number of nitrogens with zero attached hydrogens (tertiary/aromatic N) is 3. The SMILES string of the molecule is C[C@]1(COC(N)=O)[C@H](C(=O)OC(c2ccccc2)c2ccccc2)N2C(=O)/C(=C/c3cc(CN(C(=N)NC(=O)OC(c4ccccc4)c4ccccc4)C4OC(c5ccccc5)(c5ccccc5)O4)ccn3)C2S1(=O)=O. The standard InChI is InChI=1S/C58H50N6O11S/c1-57(37-71-54(60)67)49(52(66)72-47(39-20-8-2-9-21-39)40-22-10-3-11-23-40)64-50(65)46(51(64)76(57,69)70)35-45-34-38(32-33-61-45)36-63(56-74-58(75-56,43-28-16-6-17-29-43)44-30-18-7-19-31-44)53(59)62-55(68)73-48(41-24-12-4-13-25-41)42-26-14-5-15-27-42/h2-35,47-49,51,56H,36-37H2,1H3,(H2,60,67)(H2,59,62,68)/b46-35-/t49-,51?,57-/m0/s1. The van der Waals surface area contributed by atoms with Crippen molar-refractivity contribution in [3.8, 4) is 0 Å². The lowest BCUT2D eigenvalue weighted by atomic mass is 9.93. The first-order chi connectivity index (χ1) is 36.8. The number of aromatic nitrogens is 1. The summed E-state index contributed by atoms with van der Waals surface area (Å²) in [6, 6.07) is 55.9. The van der Waals surface area contributed by atoms with Gasteiger partial charge in [-0.2, -0.15) is 0 Å². The number of nitrogens with one attached hydrogen (secondary N) is 2. The number of amides is 3. The molecule has 1 unspecified atom stereocenters. The van der Waals surface area contributed by atoms with Crippen molar-refractivity contribution < 1.29 is 51.3 Å². The molecular weight excluding hydrogens is 989 g/mol. The number of β-lactam (4-membered cyclic amide) rings is 1. The van der Waals surface area contributed by atoms with Crippen molar-refractivity contribution in [3.63, 3.8) is 0 Å². The summed E-state index contributed by atoms with van der Waals surface area (Å²) >= 11 is 0. The number of esters is 1. The fraction of sp³-hybridized carbons (Fsp3) is 0.172. The molecule has 4 N–H and O–H groups in total. The zero-order chi connectivity index (χ0) is 53.0. The molecular formula is C58H50N6O11S. The maximum absolute atomic E-state index is 14.8. The van der Waals surface area contributed by atoms with E-state index >= 15 is 0 Å². The molecule has 384 valence electrons. The Morgan fingerprint density at radius 2 is 1.20 bits per heavy atom. The summed E-state index contributed by atoms with van der Waals surface area (Å²) in [5.41, 5.74) is 9.63. The summed E-state index contributed by atoms with van der Waals surface area (Å²) in [4.78, 5) is 61.5. The van der Waals surface area contributed by atoms with Gasteiger partial charge in [-0.05, 0) is 52.9 Å². The molecule has 3 amide bonds. The largest absolute Gasteiger partial charge is 0.451 e. The van der Waals surface area contributed by atoms with Crippen LogP contribution in [0.5, 0.6) is 0 Å². The van der Waals surface area contributed by atoms with Crippen molar-refractivity contribution in [2.75, 3.05) is 6.61 Å². The fourth-order valence-corrected chi connectivity index (χ4v) is 12.0. The third-order valence-corrected chi connectivity index (χ3v) is 16.2. The van der Waals surface area contributed by atoms with Gasteiger partial charge in [0.25, 0.3) is 5.91 Å². The third kappa shape index (κ3) is 9.67. The molecule has 6 aromatic carbocycles. The Hall–Kier alpha value is -8.97. The zero-order valence-electron chi connectivity index (χ0n) is 40.7. The number of ether oxygens (including phenoxy) is 5. The fourth-order valence-electron chi connectivity index (χ4n) is 9.71. The summed E-state index contributed by atoms with van der Waals surface area (Å²) in [7, 11) is -4.59. The Labute approximate surface area is 437 Å². The highest BCUT2D eigenvalue weighted by Crippen LogP contribution is 2.50. The average Bonchev–Trinajstić information content (AvgIpc) is 3.74. The molecule has 3 aliphatic rings. The Balaban J connectivity index is 0.947. The van der Waals surface area contributed by atoms with Gasteiger partial charge in [-0.1, -0.05) is 182 Å². The second-order valence-corrected chi connectivity index (χ2v) is 20.8. The first-order valence-corrected chi connectivity index (χ1v) is 25.7. The molecule has 0 aliphatic carbocycles. The minimum Gasteiger partial charge on any atom is -0.451 e. The molecule has 3 aliphatic heterocycles. The normalized spacial score (nSPS) is 19.7. The first-order valence-electron chi connectivity index (χ1n) is 24.1. The van der Waals surface area contributed by atoms with E-state index in [0.717, 1.165) is 4.90 Å². The highest BCUT2D eigenvalue weighted by atomic mass is 32.2. The number of rotatable bonds is 15. The second kappa shape index (κ2) is 21.1. The summed E-state index contributed by atoms with van der Waals surface area (Å²) in [6.07, 6.45) is -2.60. The topological polar surface area (TPSA) is 230 Å². The number of benzene rings is 6. The number of nitrogens with two attached hydrogens (primary N) is 1. The maximum atomic E-state index is 14.8. The van der Waals surface area contributed by atoms with Gasteiger partial charge in [-0.15, -0.1) is 0 Å². The molecule has 3 saturated heterocycles. The van der Waals surface area contributed by atoms with Crippen LogP contribution >= 0.6 is 0 Å². The van der Waals surface area contributed by atoms with E-state index in [9.17, 15) is 33.0 Å². The van der Waals surface area contributed by atoms with Gasteiger partial charge in [0, 0.05) is 17.3 Å². The van der Waals surface area contributed by atoms with Gasteiger partial charge in [0.2, 0.25) is 18.2 Å². The van der Waals surface area contributed by atoms with Crippen LogP contribution in [0.15, 0.2) is 206 Å². The maximum Gasteiger partial charge on any atom is 0.414 e. The summed E-state index contributed by atoms with van der Waals surface area (Å²) in [5, 5.41) is 10.3. The lowest BCUT2D eigenvalue weighted by Crippen LogP contribution is -2.62. The van der Waals surface area contributed by atoms with Gasteiger partial charge in [0.05, 0.1) is 17.8 Å². The molecule has 0 radical (unpaired) electrons. The van der Waals surface area contributed by atoms with Gasteiger partial charge in [0.1, 0.15) is 11.4 Å². The van der Waals surface area contributed by atoms with Crippen molar-refractivity contribution in [3.05, 3.63) is 251 Å². The van der Waals surface area contributed by atoms with Crippen LogP contribution in [-0.4, -0.2) is 82.4 Å². The minimum absolute atomic E-state index is 0.135. The summed E-state index contributed by atoms with van der Waals surface area (Å²) in [6.45, 7) is 0.187. The number of alkyl carbamates (subject to hydrolysis) is 1. The van der Waals surface area contributed by atoms with Crippen molar-refractivity contribution in [1.29, 1.82) is 5.41 Å². The van der Waals surface area contributed by atoms with E-state index in [2.05, 4.69) is 10.3 Å². The molecule has 1 aromatic heterocycles. The van der Waals surface area contributed by atoms with Crippen LogP contribution in [-0.2, 0) is 55.4 Å².